The molecule has 0 fully saturated rings. The zero-order chi connectivity index (χ0) is 18.2. The standard InChI is InChI=1S/C16H12F3N3O3/c1-25-14-7-6-11(22(23)24)8-10(14)9-21-13-5-3-2-4-12(13)20-15(21)16(17,18)19/h2-8H,9H2,1H3. The van der Waals surface area contributed by atoms with Crippen molar-refractivity contribution in [3.05, 3.63) is 64.0 Å². The minimum Gasteiger partial charge on any atom is -0.496 e. The average Bonchev–Trinajstić information content (AvgIpc) is 2.94. The number of nitro benzene ring substituents is 1. The van der Waals surface area contributed by atoms with Gasteiger partial charge in [0, 0.05) is 17.7 Å². The summed E-state index contributed by atoms with van der Waals surface area (Å²) in [6.45, 7) is -0.264. The molecule has 0 radical (unpaired) electrons. The van der Waals surface area contributed by atoms with E-state index >= 15 is 0 Å². The highest BCUT2D eigenvalue weighted by atomic mass is 19.4. The lowest BCUT2D eigenvalue weighted by atomic mass is 10.1. The summed E-state index contributed by atoms with van der Waals surface area (Å²) in [6, 6.07) is 9.99. The fourth-order valence-electron chi connectivity index (χ4n) is 2.62. The summed E-state index contributed by atoms with van der Waals surface area (Å²) in [6.07, 6.45) is -4.66. The molecule has 0 amide bonds. The molecule has 0 unspecified atom stereocenters. The number of rotatable bonds is 4. The van der Waals surface area contributed by atoms with Crippen LogP contribution in [0.5, 0.6) is 5.75 Å². The minimum absolute atomic E-state index is 0.194. The van der Waals surface area contributed by atoms with E-state index in [2.05, 4.69) is 4.98 Å². The molecule has 25 heavy (non-hydrogen) atoms. The third-order valence-corrected chi connectivity index (χ3v) is 3.71. The van der Waals surface area contributed by atoms with Crippen molar-refractivity contribution >= 4 is 16.7 Å². The second-order valence-electron chi connectivity index (χ2n) is 5.26. The number of methoxy groups -OCH3 is 1. The predicted molar refractivity (Wildman–Crippen MR) is 83.5 cm³/mol. The van der Waals surface area contributed by atoms with E-state index in [9.17, 15) is 23.3 Å². The molecular weight excluding hydrogens is 339 g/mol. The van der Waals surface area contributed by atoms with Crippen molar-refractivity contribution in [2.45, 2.75) is 12.7 Å². The number of halogens is 3. The van der Waals surface area contributed by atoms with Gasteiger partial charge in [0.2, 0.25) is 5.82 Å². The Labute approximate surface area is 139 Å². The number of nitro groups is 1. The molecule has 9 heteroatoms. The normalized spacial score (nSPS) is 11.7. The third kappa shape index (κ3) is 3.12. The molecule has 2 aromatic carbocycles. The molecule has 1 aromatic heterocycles. The molecule has 0 bridgehead atoms. The molecule has 0 atom stereocenters. The van der Waals surface area contributed by atoms with Gasteiger partial charge in [-0.3, -0.25) is 10.1 Å². The number of fused-ring (bicyclic) bond motifs is 1. The first-order valence-corrected chi connectivity index (χ1v) is 7.15. The predicted octanol–water partition coefficient (Wildman–Crippen LogP) is 4.02. The summed E-state index contributed by atoms with van der Waals surface area (Å²) < 4.78 is 46.2. The van der Waals surface area contributed by atoms with Gasteiger partial charge in [0.15, 0.2) is 0 Å². The molecule has 0 saturated carbocycles. The van der Waals surface area contributed by atoms with Gasteiger partial charge < -0.3 is 9.30 Å². The third-order valence-electron chi connectivity index (χ3n) is 3.71. The lowest BCUT2D eigenvalue weighted by Gasteiger charge is -2.13. The van der Waals surface area contributed by atoms with Crippen molar-refractivity contribution < 1.29 is 22.8 Å². The lowest BCUT2D eigenvalue weighted by Crippen LogP contribution is -2.16. The van der Waals surface area contributed by atoms with Crippen molar-refractivity contribution in [1.82, 2.24) is 9.55 Å². The summed E-state index contributed by atoms with van der Waals surface area (Å²) in [7, 11) is 1.35. The number of aromatic nitrogens is 2. The van der Waals surface area contributed by atoms with Gasteiger partial charge in [-0.1, -0.05) is 12.1 Å². The maximum Gasteiger partial charge on any atom is 0.449 e. The number of alkyl halides is 3. The number of benzene rings is 2. The lowest BCUT2D eigenvalue weighted by molar-refractivity contribution is -0.384. The number of imidazole rings is 1. The average molecular weight is 351 g/mol. The first-order chi connectivity index (χ1) is 11.8. The Bertz CT molecular complexity index is 951. The molecule has 3 aromatic rings. The smallest absolute Gasteiger partial charge is 0.449 e. The molecule has 1 heterocycles. The maximum atomic E-state index is 13.4. The topological polar surface area (TPSA) is 70.2 Å². The molecule has 0 aliphatic rings. The molecule has 6 nitrogen and oxygen atoms in total. The van der Waals surface area contributed by atoms with Crippen LogP contribution >= 0.6 is 0 Å². The van der Waals surface area contributed by atoms with Gasteiger partial charge in [0.05, 0.1) is 29.6 Å². The van der Waals surface area contributed by atoms with E-state index in [1.165, 1.54) is 37.4 Å². The van der Waals surface area contributed by atoms with Crippen molar-refractivity contribution in [3.8, 4) is 5.75 Å². The van der Waals surface area contributed by atoms with Crippen LogP contribution in [0.25, 0.3) is 11.0 Å². The van der Waals surface area contributed by atoms with Gasteiger partial charge in [-0.15, -0.1) is 0 Å². The van der Waals surface area contributed by atoms with Gasteiger partial charge in [0.25, 0.3) is 5.69 Å². The molecule has 0 N–H and O–H groups in total. The fraction of sp³-hybridized carbons (Fsp3) is 0.188. The molecule has 130 valence electrons. The second-order valence-corrected chi connectivity index (χ2v) is 5.26. The monoisotopic (exact) mass is 351 g/mol. The van der Waals surface area contributed by atoms with Crippen molar-refractivity contribution in [2.24, 2.45) is 0 Å². The second kappa shape index (κ2) is 6.08. The Morgan fingerprint density at radius 3 is 2.60 bits per heavy atom. The summed E-state index contributed by atoms with van der Waals surface area (Å²) in [4.78, 5) is 14.0. The molecular formula is C16H12F3N3O3. The summed E-state index contributed by atoms with van der Waals surface area (Å²) in [5, 5.41) is 11.0. The van der Waals surface area contributed by atoms with E-state index in [1.807, 2.05) is 0 Å². The molecule has 0 spiro atoms. The van der Waals surface area contributed by atoms with Gasteiger partial charge in [-0.25, -0.2) is 4.98 Å². The first kappa shape index (κ1) is 16.7. The Morgan fingerprint density at radius 2 is 1.96 bits per heavy atom. The van der Waals surface area contributed by atoms with E-state index < -0.39 is 16.9 Å². The van der Waals surface area contributed by atoms with Gasteiger partial charge in [-0.05, 0) is 18.2 Å². The van der Waals surface area contributed by atoms with Gasteiger partial charge >= 0.3 is 6.18 Å². The van der Waals surface area contributed by atoms with Crippen LogP contribution in [0.2, 0.25) is 0 Å². The first-order valence-electron chi connectivity index (χ1n) is 7.15. The van der Waals surface area contributed by atoms with Crippen molar-refractivity contribution in [3.63, 3.8) is 0 Å². The zero-order valence-corrected chi connectivity index (χ0v) is 12.9. The SMILES string of the molecule is COc1ccc([N+](=O)[O-])cc1Cn1c(C(F)(F)F)nc2ccccc21. The fourth-order valence-corrected chi connectivity index (χ4v) is 2.62. The van der Waals surface area contributed by atoms with Gasteiger partial charge in [-0.2, -0.15) is 13.2 Å². The van der Waals surface area contributed by atoms with Crippen LogP contribution in [0.4, 0.5) is 18.9 Å². The van der Waals surface area contributed by atoms with E-state index in [1.54, 1.807) is 12.1 Å². The molecule has 3 rings (SSSR count). The van der Waals surface area contributed by atoms with Crippen LogP contribution < -0.4 is 4.74 Å². The number of ether oxygens (including phenoxy) is 1. The highest BCUT2D eigenvalue weighted by Crippen LogP contribution is 2.33. The number of para-hydroxylation sites is 2. The van der Waals surface area contributed by atoms with E-state index in [-0.39, 0.29) is 34.6 Å². The minimum atomic E-state index is -4.66. The summed E-state index contributed by atoms with van der Waals surface area (Å²) in [5.74, 6) is -0.807. The highest BCUT2D eigenvalue weighted by Gasteiger charge is 2.37. The quantitative estimate of drug-likeness (QED) is 0.526. The summed E-state index contributed by atoms with van der Waals surface area (Å²) in [5.41, 5.74) is 0.502. The highest BCUT2D eigenvalue weighted by molar-refractivity contribution is 5.76. The molecule has 0 saturated heterocycles. The Morgan fingerprint density at radius 1 is 1.24 bits per heavy atom. The Kier molecular flexibility index (Phi) is 4.07. The summed E-state index contributed by atoms with van der Waals surface area (Å²) >= 11 is 0. The van der Waals surface area contributed by atoms with Crippen LogP contribution in [-0.2, 0) is 12.7 Å². The van der Waals surface area contributed by atoms with Crippen molar-refractivity contribution in [2.75, 3.05) is 7.11 Å². The van der Waals surface area contributed by atoms with Crippen LogP contribution in [0.15, 0.2) is 42.5 Å². The van der Waals surface area contributed by atoms with Crippen LogP contribution in [-0.4, -0.2) is 21.6 Å². The van der Waals surface area contributed by atoms with Gasteiger partial charge in [0.1, 0.15) is 5.75 Å². The van der Waals surface area contributed by atoms with E-state index in [0.29, 0.717) is 0 Å². The Hall–Kier alpha value is -3.10. The number of non-ortho nitro benzene ring substituents is 1. The largest absolute Gasteiger partial charge is 0.496 e. The zero-order valence-electron chi connectivity index (χ0n) is 12.9. The van der Waals surface area contributed by atoms with Crippen LogP contribution in [0.1, 0.15) is 11.4 Å². The van der Waals surface area contributed by atoms with Crippen LogP contribution in [0.3, 0.4) is 0 Å². The van der Waals surface area contributed by atoms with Crippen LogP contribution in [0, 0.1) is 10.1 Å². The van der Waals surface area contributed by atoms with E-state index in [4.69, 9.17) is 4.74 Å². The maximum absolute atomic E-state index is 13.4. The van der Waals surface area contributed by atoms with E-state index in [0.717, 1.165) is 4.57 Å². The Balaban J connectivity index is 2.18. The number of hydrogen-bond acceptors (Lipinski definition) is 4. The number of nitrogens with zero attached hydrogens (tertiary/aromatic N) is 3. The molecule has 0 aliphatic heterocycles. The number of hydrogen-bond donors (Lipinski definition) is 0. The molecule has 0 aliphatic carbocycles. The van der Waals surface area contributed by atoms with Crippen molar-refractivity contribution in [1.29, 1.82) is 0 Å².